The van der Waals surface area contributed by atoms with Crippen LogP contribution in [-0.4, -0.2) is 41.7 Å². The molecule has 2 N–H and O–H groups in total. The van der Waals surface area contributed by atoms with Crippen LogP contribution < -0.4 is 14.9 Å². The van der Waals surface area contributed by atoms with Crippen LogP contribution in [0.2, 0.25) is 0 Å². The fraction of sp³-hybridized carbons (Fsp3) is 0.375. The van der Waals surface area contributed by atoms with Gasteiger partial charge >= 0.3 is 6.09 Å². The maximum absolute atomic E-state index is 15.6. The second-order valence-electron chi connectivity index (χ2n) is 15.2. The van der Waals surface area contributed by atoms with Gasteiger partial charge < -0.3 is 9.87 Å². The monoisotopic (exact) mass is 737 g/mol. The first-order chi connectivity index (χ1) is 25.0. The molecule has 0 bridgehead atoms. The molecule has 13 heteroatoms. The zero-order chi connectivity index (χ0) is 38.6. The third-order valence-electron chi connectivity index (χ3n) is 9.07. The van der Waals surface area contributed by atoms with E-state index < -0.39 is 45.0 Å². The van der Waals surface area contributed by atoms with Crippen LogP contribution in [0.1, 0.15) is 106 Å². The van der Waals surface area contributed by atoms with Gasteiger partial charge in [0.2, 0.25) is 0 Å². The van der Waals surface area contributed by atoms with Crippen molar-refractivity contribution in [3.63, 3.8) is 0 Å². The number of hydrogen-bond donors (Lipinski definition) is 2. The summed E-state index contributed by atoms with van der Waals surface area (Å²) in [5, 5.41) is 25.7. The van der Waals surface area contributed by atoms with Gasteiger partial charge in [-0.3, -0.25) is 14.5 Å². The zero-order valence-corrected chi connectivity index (χ0v) is 31.6. The van der Waals surface area contributed by atoms with Crippen LogP contribution in [0.15, 0.2) is 78.9 Å². The van der Waals surface area contributed by atoms with Crippen molar-refractivity contribution >= 4 is 29.0 Å². The quantitative estimate of drug-likeness (QED) is 0.143. The Morgan fingerprint density at radius 3 is 2.23 bits per heavy atom. The van der Waals surface area contributed by atoms with Gasteiger partial charge in [-0.1, -0.05) is 66.2 Å². The molecule has 1 heterocycles. The lowest BCUT2D eigenvalue weighted by molar-refractivity contribution is 0.0440. The highest BCUT2D eigenvalue weighted by molar-refractivity contribution is 7.90. The van der Waals surface area contributed by atoms with E-state index in [9.17, 15) is 24.7 Å². The topological polar surface area (TPSA) is 159 Å². The van der Waals surface area contributed by atoms with Crippen LogP contribution in [0, 0.1) is 34.4 Å². The molecular formula is C40H44FN7O4S. The molecule has 1 aliphatic carbocycles. The van der Waals surface area contributed by atoms with Crippen molar-refractivity contribution in [1.29, 1.82) is 10.5 Å². The molecule has 5 rings (SSSR count). The predicted octanol–water partition coefficient (Wildman–Crippen LogP) is 7.35. The van der Waals surface area contributed by atoms with Gasteiger partial charge in [-0.2, -0.15) is 10.5 Å². The first-order valence-corrected chi connectivity index (χ1v) is 18.5. The molecule has 0 saturated heterocycles. The number of nitrogens with zero attached hydrogens (tertiary/aromatic N) is 5. The fourth-order valence-corrected chi connectivity index (χ4v) is 6.73. The van der Waals surface area contributed by atoms with Gasteiger partial charge in [0, 0.05) is 29.5 Å². The largest absolute Gasteiger partial charge is 0.598 e. The van der Waals surface area contributed by atoms with E-state index in [4.69, 9.17) is 4.84 Å². The average molecular weight is 738 g/mol. The maximum atomic E-state index is 15.6. The summed E-state index contributed by atoms with van der Waals surface area (Å²) in [5.74, 6) is -1.14. The number of anilines is 1. The number of hydrogen-bond acceptors (Lipinski definition) is 8. The lowest BCUT2D eigenvalue weighted by Crippen LogP contribution is -2.52. The van der Waals surface area contributed by atoms with Crippen LogP contribution in [0.3, 0.4) is 0 Å². The molecule has 11 nitrogen and oxygen atoms in total. The van der Waals surface area contributed by atoms with E-state index in [1.54, 1.807) is 30.3 Å². The van der Waals surface area contributed by atoms with Crippen molar-refractivity contribution in [2.75, 3.05) is 5.32 Å². The van der Waals surface area contributed by atoms with Crippen LogP contribution in [0.25, 0.3) is 0 Å². The molecule has 1 aromatic heterocycles. The molecular weight excluding hydrogens is 694 g/mol. The average Bonchev–Trinajstić information content (AvgIpc) is 3.87. The van der Waals surface area contributed by atoms with Crippen LogP contribution >= 0.6 is 0 Å². The molecule has 3 aromatic carbocycles. The standard InChI is InChI=1S/C40H44FN7O4S/c1-38(2,3)47(26-29-10-8-7-9-11-29)37(50)52-48-35(23-32(25-43)45-48)36(49)44-34-22-31(18-19-33(34)41)40(21-20-27-12-13-27,46-53(51)39(4,5)6)30-16-14-28(24-42)15-17-30/h7-11,14-19,22-23,27,46H,12-13,20-21,26H2,1-6H3,(H,44,49)/t40-,53-/m1/s1. The molecule has 0 spiro atoms. The summed E-state index contributed by atoms with van der Waals surface area (Å²) >= 11 is -1.58. The molecule has 0 radical (unpaired) electrons. The number of rotatable bonds is 12. The van der Waals surface area contributed by atoms with E-state index in [2.05, 4.69) is 21.2 Å². The second kappa shape index (κ2) is 15.8. The minimum atomic E-state index is -1.58. The molecule has 4 aromatic rings. The van der Waals surface area contributed by atoms with Crippen molar-refractivity contribution in [1.82, 2.24) is 19.6 Å². The van der Waals surface area contributed by atoms with Crippen LogP contribution in [0.5, 0.6) is 0 Å². The third-order valence-corrected chi connectivity index (χ3v) is 10.7. The van der Waals surface area contributed by atoms with E-state index in [1.165, 1.54) is 17.0 Å². The summed E-state index contributed by atoms with van der Waals surface area (Å²) in [7, 11) is 0. The normalized spacial score (nSPS) is 14.7. The SMILES string of the molecule is CC(C)(C)N(Cc1ccccc1)C(=O)On1nc(C#N)cc1C(=O)Nc1cc([C@](CCC2CC2)(N[S@+]([O-])C(C)(C)C)c2ccc(C#N)cc2)ccc1F. The molecule has 0 aliphatic heterocycles. The van der Waals surface area contributed by atoms with Crippen LogP contribution in [0.4, 0.5) is 14.9 Å². The van der Waals surface area contributed by atoms with Gasteiger partial charge in [0.25, 0.3) is 5.91 Å². The van der Waals surface area contributed by atoms with Crippen molar-refractivity contribution in [3.8, 4) is 12.1 Å². The van der Waals surface area contributed by atoms with E-state index in [-0.39, 0.29) is 23.6 Å². The number of halogens is 1. The Morgan fingerprint density at radius 1 is 0.981 bits per heavy atom. The first kappa shape index (κ1) is 39.0. The zero-order valence-electron chi connectivity index (χ0n) is 30.8. The number of amides is 2. The van der Waals surface area contributed by atoms with Gasteiger partial charge in [-0.15, -0.1) is 9.82 Å². The smallest absolute Gasteiger partial charge is 0.436 e. The lowest BCUT2D eigenvalue weighted by Gasteiger charge is -2.39. The Bertz CT molecular complexity index is 2020. The first-order valence-electron chi connectivity index (χ1n) is 17.4. The van der Waals surface area contributed by atoms with E-state index >= 15 is 4.39 Å². The van der Waals surface area contributed by atoms with Gasteiger partial charge in [-0.25, -0.2) is 9.18 Å². The highest BCUT2D eigenvalue weighted by atomic mass is 32.2. The molecule has 2 atom stereocenters. The number of nitrogens with one attached hydrogen (secondary N) is 2. The number of carbonyl (C=O) groups excluding carboxylic acids is 2. The highest BCUT2D eigenvalue weighted by Gasteiger charge is 2.43. The summed E-state index contributed by atoms with van der Waals surface area (Å²) < 4.78 is 32.2. The van der Waals surface area contributed by atoms with E-state index in [1.807, 2.05) is 77.9 Å². The molecule has 0 unspecified atom stereocenters. The predicted molar refractivity (Wildman–Crippen MR) is 200 cm³/mol. The van der Waals surface area contributed by atoms with Gasteiger partial charge in [0.15, 0.2) is 11.4 Å². The Balaban J connectivity index is 1.51. The Morgan fingerprint density at radius 2 is 1.64 bits per heavy atom. The number of benzene rings is 3. The minimum Gasteiger partial charge on any atom is -0.598 e. The lowest BCUT2D eigenvalue weighted by atomic mass is 9.79. The fourth-order valence-electron chi connectivity index (χ4n) is 5.77. The molecule has 53 heavy (non-hydrogen) atoms. The van der Waals surface area contributed by atoms with E-state index in [0.29, 0.717) is 28.3 Å². The summed E-state index contributed by atoms with van der Waals surface area (Å²) in [6.07, 6.45) is 2.65. The van der Waals surface area contributed by atoms with Crippen molar-refractivity contribution in [3.05, 3.63) is 118 Å². The van der Waals surface area contributed by atoms with Gasteiger partial charge in [-0.05, 0) is 101 Å². The molecule has 1 aliphatic rings. The molecule has 1 saturated carbocycles. The molecule has 1 fully saturated rings. The summed E-state index contributed by atoms with van der Waals surface area (Å²) in [5.41, 5.74) is 0.0621. The van der Waals surface area contributed by atoms with Gasteiger partial charge in [0.1, 0.15) is 22.2 Å². The Hall–Kier alpha value is -5.21. The number of carbonyl (C=O) groups is 2. The van der Waals surface area contributed by atoms with E-state index in [0.717, 1.165) is 36.5 Å². The minimum absolute atomic E-state index is 0.196. The molecule has 276 valence electrons. The van der Waals surface area contributed by atoms with Crippen molar-refractivity contribution in [2.45, 2.75) is 89.6 Å². The maximum Gasteiger partial charge on any atom is 0.436 e. The summed E-state index contributed by atoms with van der Waals surface area (Å²) in [4.78, 5) is 35.1. The number of nitriles is 2. The second-order valence-corrected chi connectivity index (χ2v) is 17.2. The number of aromatic nitrogens is 2. The Labute approximate surface area is 313 Å². The Kier molecular flexibility index (Phi) is 11.6. The van der Waals surface area contributed by atoms with Gasteiger partial charge in [0.05, 0.1) is 17.3 Å². The van der Waals surface area contributed by atoms with Crippen molar-refractivity contribution in [2.24, 2.45) is 5.92 Å². The summed E-state index contributed by atoms with van der Waals surface area (Å²) in [6.45, 7) is 11.3. The highest BCUT2D eigenvalue weighted by Crippen LogP contribution is 2.43. The molecule has 2 amide bonds. The summed E-state index contributed by atoms with van der Waals surface area (Å²) in [6, 6.07) is 25.7. The van der Waals surface area contributed by atoms with Crippen molar-refractivity contribution < 1.29 is 23.4 Å². The third kappa shape index (κ3) is 9.43. The van der Waals surface area contributed by atoms with Crippen LogP contribution in [-0.2, 0) is 23.4 Å².